The number of aromatic amines is 1. The molecule has 0 saturated carbocycles. The van der Waals surface area contributed by atoms with Crippen molar-refractivity contribution < 1.29 is 18.4 Å². The Morgan fingerprint density at radius 2 is 2.03 bits per heavy atom. The molecule has 5 rings (SSSR count). The Morgan fingerprint density at radius 3 is 2.78 bits per heavy atom. The summed E-state index contributed by atoms with van der Waals surface area (Å²) < 4.78 is 27.3. The molecule has 11 heteroatoms. The quantitative estimate of drug-likeness (QED) is 0.403. The van der Waals surface area contributed by atoms with E-state index in [0.717, 1.165) is 0 Å². The zero-order valence-electron chi connectivity index (χ0n) is 20.8. The molecular formula is C26H26FN7O3. The highest BCUT2D eigenvalue weighted by Crippen LogP contribution is 2.41. The van der Waals surface area contributed by atoms with Crippen molar-refractivity contribution in [3.8, 4) is 17.3 Å². The topological polar surface area (TPSA) is 132 Å². The average Bonchev–Trinajstić information content (AvgIpc) is 3.56. The zero-order valence-corrected chi connectivity index (χ0v) is 20.8. The Labute approximate surface area is 212 Å². The van der Waals surface area contributed by atoms with Gasteiger partial charge in [-0.2, -0.15) is 4.98 Å². The maximum atomic E-state index is 16.8. The average molecular weight is 504 g/mol. The number of pyridine rings is 2. The van der Waals surface area contributed by atoms with Crippen LogP contribution in [0, 0.1) is 5.92 Å². The van der Waals surface area contributed by atoms with Crippen molar-refractivity contribution in [2.24, 2.45) is 5.92 Å². The van der Waals surface area contributed by atoms with Crippen LogP contribution in [0.4, 0.5) is 4.39 Å². The molecule has 0 saturated heterocycles. The van der Waals surface area contributed by atoms with Crippen molar-refractivity contribution >= 4 is 17.1 Å². The highest BCUT2D eigenvalue weighted by Gasteiger charge is 2.41. The first-order chi connectivity index (χ1) is 17.7. The van der Waals surface area contributed by atoms with Gasteiger partial charge in [0.25, 0.3) is 11.7 Å². The van der Waals surface area contributed by atoms with Gasteiger partial charge in [0.05, 0.1) is 12.6 Å². The van der Waals surface area contributed by atoms with Crippen LogP contribution in [-0.4, -0.2) is 49.6 Å². The van der Waals surface area contributed by atoms with Gasteiger partial charge in [0, 0.05) is 41.9 Å². The molecule has 4 aromatic rings. The molecule has 1 aliphatic rings. The van der Waals surface area contributed by atoms with Crippen LogP contribution in [0.15, 0.2) is 59.4 Å². The van der Waals surface area contributed by atoms with Gasteiger partial charge in [0.1, 0.15) is 11.4 Å². The number of allylic oxidation sites excluding steroid dienone is 3. The number of alkyl halides is 1. The monoisotopic (exact) mass is 503 g/mol. The molecule has 2 atom stereocenters. The summed E-state index contributed by atoms with van der Waals surface area (Å²) in [4.78, 5) is 33.2. The van der Waals surface area contributed by atoms with Crippen LogP contribution < -0.4 is 10.1 Å². The van der Waals surface area contributed by atoms with Gasteiger partial charge in [-0.15, -0.1) is 0 Å². The summed E-state index contributed by atoms with van der Waals surface area (Å²) in [5.74, 6) is 0.0372. The van der Waals surface area contributed by atoms with Crippen LogP contribution in [0.1, 0.15) is 42.8 Å². The molecule has 1 amide bonds. The second-order valence-corrected chi connectivity index (χ2v) is 9.73. The van der Waals surface area contributed by atoms with Gasteiger partial charge in [-0.1, -0.05) is 44.2 Å². The van der Waals surface area contributed by atoms with E-state index in [4.69, 9.17) is 9.26 Å². The number of amides is 1. The standard InChI is InChI=1S/C26H26FN7O3/c1-25(2,3)24-33-22(34-37-24)23(35)30-14-15-7-5-6-10-26(15,27)17-9-12-29-21-19(17)31-20(32-21)18-13-16(36-4)8-11-28-18/h5-13,15H,14H2,1-4H3,(H,30,35)(H,29,31,32). The van der Waals surface area contributed by atoms with E-state index >= 15 is 4.39 Å². The number of carbonyl (C=O) groups is 1. The largest absolute Gasteiger partial charge is 0.497 e. The van der Waals surface area contributed by atoms with Crippen LogP contribution in [0.2, 0.25) is 0 Å². The fourth-order valence-electron chi connectivity index (χ4n) is 4.08. The molecule has 0 radical (unpaired) electrons. The van der Waals surface area contributed by atoms with Gasteiger partial charge in [-0.3, -0.25) is 9.78 Å². The predicted molar refractivity (Wildman–Crippen MR) is 134 cm³/mol. The Morgan fingerprint density at radius 1 is 1.22 bits per heavy atom. The number of aromatic nitrogens is 6. The number of hydrogen-bond acceptors (Lipinski definition) is 8. The SMILES string of the molecule is COc1ccnc(-c2nc3nccc(C4(F)C=CC=CC4CNC(=O)c4noc(C(C)(C)C)n4)c3[nH]2)c1. The normalized spacial score (nSPS) is 19.3. The van der Waals surface area contributed by atoms with Crippen LogP contribution in [0.25, 0.3) is 22.7 Å². The van der Waals surface area contributed by atoms with E-state index in [1.54, 1.807) is 49.7 Å². The van der Waals surface area contributed by atoms with Crippen LogP contribution in [-0.2, 0) is 11.1 Å². The lowest BCUT2D eigenvalue weighted by Crippen LogP contribution is -2.39. The molecule has 1 aliphatic carbocycles. The fraction of sp³-hybridized carbons (Fsp3) is 0.308. The molecule has 0 bridgehead atoms. The highest BCUT2D eigenvalue weighted by molar-refractivity contribution is 5.90. The first-order valence-corrected chi connectivity index (χ1v) is 11.7. The minimum atomic E-state index is -1.96. The van der Waals surface area contributed by atoms with E-state index < -0.39 is 22.9 Å². The van der Waals surface area contributed by atoms with Gasteiger partial charge < -0.3 is 19.6 Å². The Kier molecular flexibility index (Phi) is 6.06. The van der Waals surface area contributed by atoms with Crippen LogP contribution in [0.5, 0.6) is 5.75 Å². The van der Waals surface area contributed by atoms with Gasteiger partial charge in [-0.05, 0) is 18.2 Å². The maximum absolute atomic E-state index is 16.8. The summed E-state index contributed by atoms with van der Waals surface area (Å²) in [7, 11) is 1.56. The molecule has 4 heterocycles. The predicted octanol–water partition coefficient (Wildman–Crippen LogP) is 4.05. The van der Waals surface area contributed by atoms with Crippen molar-refractivity contribution in [2.45, 2.75) is 31.9 Å². The molecule has 0 aliphatic heterocycles. The molecule has 190 valence electrons. The number of halogens is 1. The molecule has 2 unspecified atom stereocenters. The number of imidazole rings is 1. The van der Waals surface area contributed by atoms with E-state index in [1.807, 2.05) is 20.8 Å². The Bertz CT molecular complexity index is 1520. The van der Waals surface area contributed by atoms with Crippen molar-refractivity contribution in [3.05, 3.63) is 72.2 Å². The minimum Gasteiger partial charge on any atom is -0.497 e. The first-order valence-electron chi connectivity index (χ1n) is 11.7. The number of ether oxygens (including phenoxy) is 1. The van der Waals surface area contributed by atoms with Crippen LogP contribution in [0.3, 0.4) is 0 Å². The lowest BCUT2D eigenvalue weighted by atomic mass is 9.80. The van der Waals surface area contributed by atoms with Crippen molar-refractivity contribution in [2.75, 3.05) is 13.7 Å². The van der Waals surface area contributed by atoms with Gasteiger partial charge >= 0.3 is 0 Å². The maximum Gasteiger partial charge on any atom is 0.292 e. The van der Waals surface area contributed by atoms with E-state index in [1.165, 1.54) is 12.3 Å². The van der Waals surface area contributed by atoms with Gasteiger partial charge in [-0.25, -0.2) is 14.4 Å². The molecule has 37 heavy (non-hydrogen) atoms. The number of nitrogens with one attached hydrogen (secondary N) is 2. The van der Waals surface area contributed by atoms with Gasteiger partial charge in [0.15, 0.2) is 17.1 Å². The third-order valence-corrected chi connectivity index (χ3v) is 6.10. The third kappa shape index (κ3) is 4.59. The smallest absolute Gasteiger partial charge is 0.292 e. The Hall–Kier alpha value is -4.41. The molecule has 4 aromatic heterocycles. The van der Waals surface area contributed by atoms with E-state index in [-0.39, 0.29) is 12.4 Å². The van der Waals surface area contributed by atoms with E-state index in [9.17, 15) is 4.79 Å². The Balaban J connectivity index is 1.43. The molecule has 0 spiro atoms. The van der Waals surface area contributed by atoms with E-state index in [0.29, 0.717) is 39.9 Å². The van der Waals surface area contributed by atoms with Crippen LogP contribution >= 0.6 is 0 Å². The number of H-pyrrole nitrogens is 1. The fourth-order valence-corrected chi connectivity index (χ4v) is 4.08. The molecule has 0 fully saturated rings. The summed E-state index contributed by atoms with van der Waals surface area (Å²) in [5, 5.41) is 6.50. The number of rotatable bonds is 6. The molecule has 0 aromatic carbocycles. The van der Waals surface area contributed by atoms with E-state index in [2.05, 4.69) is 35.4 Å². The number of fused-ring (bicyclic) bond motifs is 1. The summed E-state index contributed by atoms with van der Waals surface area (Å²) in [6, 6.07) is 5.06. The second-order valence-electron chi connectivity index (χ2n) is 9.73. The zero-order chi connectivity index (χ0) is 26.2. The number of methoxy groups -OCH3 is 1. The summed E-state index contributed by atoms with van der Waals surface area (Å²) in [5.41, 5.74) is -0.687. The lowest BCUT2D eigenvalue weighted by molar-refractivity contribution is 0.0915. The van der Waals surface area contributed by atoms with Crippen molar-refractivity contribution in [1.82, 2.24) is 35.4 Å². The summed E-state index contributed by atoms with van der Waals surface area (Å²) >= 11 is 0. The summed E-state index contributed by atoms with van der Waals surface area (Å²) in [6.45, 7) is 5.70. The third-order valence-electron chi connectivity index (χ3n) is 6.10. The highest BCUT2D eigenvalue weighted by atomic mass is 19.1. The number of hydrogen-bond donors (Lipinski definition) is 2. The molecule has 2 N–H and O–H groups in total. The summed E-state index contributed by atoms with van der Waals surface area (Å²) in [6.07, 6.45) is 9.68. The number of nitrogens with zero attached hydrogens (tertiary/aromatic N) is 5. The second kappa shape index (κ2) is 9.23. The minimum absolute atomic E-state index is 0.00217. The first kappa shape index (κ1) is 24.3. The van der Waals surface area contributed by atoms with Crippen molar-refractivity contribution in [3.63, 3.8) is 0 Å². The lowest BCUT2D eigenvalue weighted by Gasteiger charge is -2.32. The molecular weight excluding hydrogens is 477 g/mol. The van der Waals surface area contributed by atoms with Crippen molar-refractivity contribution in [1.29, 1.82) is 0 Å². The van der Waals surface area contributed by atoms with Gasteiger partial charge in [0.2, 0.25) is 5.89 Å². The molecule has 10 nitrogen and oxygen atoms in total. The number of carbonyl (C=O) groups excluding carboxylic acids is 1.